The van der Waals surface area contributed by atoms with Crippen LogP contribution in [0.15, 0.2) is 192 Å². The van der Waals surface area contributed by atoms with Crippen molar-refractivity contribution >= 4 is 49.8 Å². The van der Waals surface area contributed by atoms with Gasteiger partial charge in [-0.05, 0) is 81.1 Å². The predicted octanol–water partition coefficient (Wildman–Crippen LogP) is 13.2. The van der Waals surface area contributed by atoms with E-state index >= 15 is 0 Å². The Hall–Kier alpha value is -6.38. The van der Waals surface area contributed by atoms with E-state index in [1.54, 1.807) is 0 Å². The summed E-state index contributed by atoms with van der Waals surface area (Å²) in [6.07, 6.45) is 0. The molecular formula is C46H31NO. The first-order valence-electron chi connectivity index (χ1n) is 16.4. The molecule has 0 amide bonds. The summed E-state index contributed by atoms with van der Waals surface area (Å²) in [5.41, 5.74) is 12.2. The first-order valence-corrected chi connectivity index (χ1v) is 16.4. The number of nitrogens with zero attached hydrogens (tertiary/aromatic N) is 1. The Bertz CT molecular complexity index is 2540. The molecule has 0 N–H and O–H groups in total. The van der Waals surface area contributed by atoms with Crippen molar-refractivity contribution in [2.75, 3.05) is 4.90 Å². The van der Waals surface area contributed by atoms with Crippen molar-refractivity contribution in [1.29, 1.82) is 0 Å². The molecule has 2 nitrogen and oxygen atoms in total. The molecule has 0 saturated carbocycles. The third-order valence-electron chi connectivity index (χ3n) is 9.29. The monoisotopic (exact) mass is 613 g/mol. The highest BCUT2D eigenvalue weighted by Crippen LogP contribution is 2.43. The summed E-state index contributed by atoms with van der Waals surface area (Å²) in [7, 11) is 0. The Kier molecular flexibility index (Phi) is 6.84. The molecule has 48 heavy (non-hydrogen) atoms. The van der Waals surface area contributed by atoms with Gasteiger partial charge in [-0.3, -0.25) is 0 Å². The summed E-state index contributed by atoms with van der Waals surface area (Å²) in [6, 6.07) is 66.9. The quantitative estimate of drug-likeness (QED) is 0.185. The maximum absolute atomic E-state index is 6.20. The smallest absolute Gasteiger partial charge is 0.136 e. The van der Waals surface area contributed by atoms with Crippen LogP contribution in [0, 0.1) is 0 Å². The minimum atomic E-state index is 0.905. The molecule has 0 atom stereocenters. The molecule has 9 aromatic rings. The molecule has 0 bridgehead atoms. The van der Waals surface area contributed by atoms with Gasteiger partial charge in [0.2, 0.25) is 0 Å². The van der Waals surface area contributed by atoms with Gasteiger partial charge in [0.25, 0.3) is 0 Å². The number of rotatable bonds is 6. The molecule has 1 heterocycles. The maximum atomic E-state index is 6.20. The van der Waals surface area contributed by atoms with Crippen LogP contribution < -0.4 is 4.90 Å². The van der Waals surface area contributed by atoms with Crippen LogP contribution in [0.4, 0.5) is 17.1 Å². The van der Waals surface area contributed by atoms with Gasteiger partial charge >= 0.3 is 0 Å². The number of furan rings is 1. The minimum absolute atomic E-state index is 0.905. The third kappa shape index (κ3) is 4.83. The molecule has 0 spiro atoms. The van der Waals surface area contributed by atoms with E-state index in [1.807, 2.05) is 12.1 Å². The SMILES string of the molecule is c1ccc(-c2ccccc2N(c2ccc(-c3cccc4ccccc34)cc2)c2ccc(-c3cccc4oc5ccccc5c34)cc2)cc1. The first kappa shape index (κ1) is 27.9. The van der Waals surface area contributed by atoms with Gasteiger partial charge in [-0.2, -0.15) is 0 Å². The fourth-order valence-corrected chi connectivity index (χ4v) is 7.03. The molecule has 1 aromatic heterocycles. The van der Waals surface area contributed by atoms with E-state index in [-0.39, 0.29) is 0 Å². The van der Waals surface area contributed by atoms with Crippen LogP contribution in [0.3, 0.4) is 0 Å². The topological polar surface area (TPSA) is 16.4 Å². The van der Waals surface area contributed by atoms with Crippen LogP contribution in [0.2, 0.25) is 0 Å². The second kappa shape index (κ2) is 11.8. The average molecular weight is 614 g/mol. The lowest BCUT2D eigenvalue weighted by molar-refractivity contribution is 0.669. The van der Waals surface area contributed by atoms with E-state index in [1.165, 1.54) is 38.6 Å². The molecule has 0 radical (unpaired) electrons. The van der Waals surface area contributed by atoms with Crippen molar-refractivity contribution in [3.05, 3.63) is 188 Å². The molecule has 2 heteroatoms. The minimum Gasteiger partial charge on any atom is -0.456 e. The standard InChI is InChI=1S/C46H31NO/c1-2-12-33(13-3-1)40-17-6-8-21-43(40)47(36-28-24-34(25-29-36)39-19-10-15-32-14-4-5-16-38(32)39)37-30-26-35(27-31-37)41-20-11-23-45-46(41)42-18-7-9-22-44(42)48-45/h1-31H. The van der Waals surface area contributed by atoms with Gasteiger partial charge in [-0.25, -0.2) is 0 Å². The van der Waals surface area contributed by atoms with Crippen molar-refractivity contribution < 1.29 is 4.42 Å². The van der Waals surface area contributed by atoms with Crippen LogP contribution in [0.1, 0.15) is 0 Å². The van der Waals surface area contributed by atoms with Gasteiger partial charge in [-0.1, -0.05) is 146 Å². The van der Waals surface area contributed by atoms with Crippen LogP contribution >= 0.6 is 0 Å². The molecule has 226 valence electrons. The number of anilines is 3. The second-order valence-electron chi connectivity index (χ2n) is 12.1. The van der Waals surface area contributed by atoms with Crippen molar-refractivity contribution in [3.8, 4) is 33.4 Å². The van der Waals surface area contributed by atoms with E-state index < -0.39 is 0 Å². The van der Waals surface area contributed by atoms with Crippen molar-refractivity contribution in [2.24, 2.45) is 0 Å². The van der Waals surface area contributed by atoms with Crippen LogP contribution in [0.5, 0.6) is 0 Å². The Balaban J connectivity index is 1.18. The van der Waals surface area contributed by atoms with Gasteiger partial charge in [-0.15, -0.1) is 0 Å². The molecule has 0 fully saturated rings. The summed E-state index contributed by atoms with van der Waals surface area (Å²) in [5.74, 6) is 0. The summed E-state index contributed by atoms with van der Waals surface area (Å²) in [5, 5.41) is 4.79. The number of benzene rings is 8. The van der Waals surface area contributed by atoms with E-state index in [0.29, 0.717) is 0 Å². The maximum Gasteiger partial charge on any atom is 0.136 e. The van der Waals surface area contributed by atoms with E-state index in [9.17, 15) is 0 Å². The fourth-order valence-electron chi connectivity index (χ4n) is 7.03. The Labute approximate surface area is 279 Å². The number of hydrogen-bond donors (Lipinski definition) is 0. The van der Waals surface area contributed by atoms with Gasteiger partial charge in [0.1, 0.15) is 11.2 Å². The largest absolute Gasteiger partial charge is 0.456 e. The van der Waals surface area contributed by atoms with Crippen molar-refractivity contribution in [1.82, 2.24) is 0 Å². The van der Waals surface area contributed by atoms with Gasteiger partial charge in [0.05, 0.1) is 5.69 Å². The molecule has 0 aliphatic rings. The zero-order valence-corrected chi connectivity index (χ0v) is 26.3. The third-order valence-corrected chi connectivity index (χ3v) is 9.29. The van der Waals surface area contributed by atoms with Gasteiger partial charge in [0, 0.05) is 27.7 Å². The van der Waals surface area contributed by atoms with Gasteiger partial charge < -0.3 is 9.32 Å². The highest BCUT2D eigenvalue weighted by atomic mass is 16.3. The average Bonchev–Trinajstić information content (AvgIpc) is 3.55. The predicted molar refractivity (Wildman–Crippen MR) is 202 cm³/mol. The molecule has 0 unspecified atom stereocenters. The summed E-state index contributed by atoms with van der Waals surface area (Å²) >= 11 is 0. The number of hydrogen-bond acceptors (Lipinski definition) is 2. The summed E-state index contributed by atoms with van der Waals surface area (Å²) in [4.78, 5) is 2.37. The molecule has 0 aliphatic carbocycles. The normalized spacial score (nSPS) is 11.3. The Morgan fingerprint density at radius 2 is 0.854 bits per heavy atom. The lowest BCUT2D eigenvalue weighted by Gasteiger charge is -2.28. The molecular weight excluding hydrogens is 583 g/mol. The number of fused-ring (bicyclic) bond motifs is 4. The molecule has 0 aliphatic heterocycles. The zero-order chi connectivity index (χ0) is 31.9. The molecule has 9 rings (SSSR count). The molecule has 8 aromatic carbocycles. The highest BCUT2D eigenvalue weighted by molar-refractivity contribution is 6.12. The second-order valence-corrected chi connectivity index (χ2v) is 12.1. The highest BCUT2D eigenvalue weighted by Gasteiger charge is 2.18. The summed E-state index contributed by atoms with van der Waals surface area (Å²) < 4.78 is 6.20. The molecule has 0 saturated heterocycles. The van der Waals surface area contributed by atoms with Crippen LogP contribution in [-0.2, 0) is 0 Å². The van der Waals surface area contributed by atoms with Crippen molar-refractivity contribution in [2.45, 2.75) is 0 Å². The summed E-state index contributed by atoms with van der Waals surface area (Å²) in [6.45, 7) is 0. The van der Waals surface area contributed by atoms with E-state index in [0.717, 1.165) is 44.6 Å². The van der Waals surface area contributed by atoms with Crippen LogP contribution in [0.25, 0.3) is 66.1 Å². The lowest BCUT2D eigenvalue weighted by atomic mass is 9.97. The lowest BCUT2D eigenvalue weighted by Crippen LogP contribution is -2.11. The first-order chi connectivity index (χ1) is 23.8. The zero-order valence-electron chi connectivity index (χ0n) is 26.3. The van der Waals surface area contributed by atoms with E-state index in [4.69, 9.17) is 4.42 Å². The van der Waals surface area contributed by atoms with Gasteiger partial charge in [0.15, 0.2) is 0 Å². The number of para-hydroxylation sites is 2. The van der Waals surface area contributed by atoms with Crippen LogP contribution in [-0.4, -0.2) is 0 Å². The fraction of sp³-hybridized carbons (Fsp3) is 0. The Morgan fingerprint density at radius 1 is 0.333 bits per heavy atom. The Morgan fingerprint density at radius 3 is 1.65 bits per heavy atom. The van der Waals surface area contributed by atoms with Crippen molar-refractivity contribution in [3.63, 3.8) is 0 Å². The van der Waals surface area contributed by atoms with E-state index in [2.05, 4.69) is 181 Å².